The Labute approximate surface area is 69.8 Å². The van der Waals surface area contributed by atoms with Crippen LogP contribution >= 0.6 is 0 Å². The number of nitrogen functional groups attached to an aromatic ring is 1. The smallest absolute Gasteiger partial charge is 0.126 e. The molecule has 0 aliphatic carbocycles. The second-order valence-corrected chi connectivity index (χ2v) is 2.42. The van der Waals surface area contributed by atoms with E-state index in [2.05, 4.69) is 0 Å². The number of phenols is 1. The number of nitrogens with one attached hydrogen (secondary N) is 1. The van der Waals surface area contributed by atoms with Crippen molar-refractivity contribution in [1.82, 2.24) is 0 Å². The Hall–Kier alpha value is -1.55. The predicted molar refractivity (Wildman–Crippen MR) is 45.0 cm³/mol. The van der Waals surface area contributed by atoms with Gasteiger partial charge in [-0.3, -0.25) is 5.41 Å². The first-order valence-corrected chi connectivity index (χ1v) is 3.42. The molecule has 0 aromatic heterocycles. The molecule has 4 heteroatoms. The van der Waals surface area contributed by atoms with Crippen LogP contribution in [0.25, 0.3) is 0 Å². The van der Waals surface area contributed by atoms with Crippen LogP contribution in [0.15, 0.2) is 18.2 Å². The highest BCUT2D eigenvalue weighted by atomic mass is 16.3. The van der Waals surface area contributed by atoms with Gasteiger partial charge in [-0.2, -0.15) is 0 Å². The Balaban J connectivity index is 3.12. The number of nitrogens with two attached hydrogens (primary N) is 1. The van der Waals surface area contributed by atoms with E-state index in [0.717, 1.165) is 0 Å². The molecular weight excluding hydrogens is 156 g/mol. The highest BCUT2D eigenvalue weighted by Gasteiger charge is 2.03. The average molecular weight is 166 g/mol. The first-order chi connectivity index (χ1) is 5.65. The van der Waals surface area contributed by atoms with E-state index in [1.807, 2.05) is 0 Å². The summed E-state index contributed by atoms with van der Waals surface area (Å²) in [5, 5.41) is 25.0. The molecule has 0 fully saturated rings. The van der Waals surface area contributed by atoms with Crippen LogP contribution in [-0.2, 0) is 6.61 Å². The number of aromatic hydroxyl groups is 1. The zero-order valence-electron chi connectivity index (χ0n) is 6.41. The number of aliphatic hydroxyl groups is 1. The summed E-state index contributed by atoms with van der Waals surface area (Å²) in [5.74, 6) is -0.258. The lowest BCUT2D eigenvalue weighted by Crippen LogP contribution is -2.11. The summed E-state index contributed by atoms with van der Waals surface area (Å²) in [7, 11) is 0. The normalized spacial score (nSPS) is 9.75. The summed E-state index contributed by atoms with van der Waals surface area (Å²) in [4.78, 5) is 0. The molecule has 0 radical (unpaired) electrons. The van der Waals surface area contributed by atoms with Crippen molar-refractivity contribution in [1.29, 1.82) is 5.41 Å². The molecule has 1 aromatic carbocycles. The summed E-state index contributed by atoms with van der Waals surface area (Å²) in [6.45, 7) is -0.133. The van der Waals surface area contributed by atoms with Crippen LogP contribution in [0.2, 0.25) is 0 Å². The fraction of sp³-hybridized carbons (Fsp3) is 0.125. The molecule has 0 aliphatic heterocycles. The molecule has 4 nitrogen and oxygen atoms in total. The van der Waals surface area contributed by atoms with Crippen LogP contribution in [-0.4, -0.2) is 16.0 Å². The molecule has 0 unspecified atom stereocenters. The minimum Gasteiger partial charge on any atom is -0.507 e. The highest BCUT2D eigenvalue weighted by molar-refractivity contribution is 5.97. The van der Waals surface area contributed by atoms with E-state index >= 15 is 0 Å². The van der Waals surface area contributed by atoms with Crippen molar-refractivity contribution in [2.24, 2.45) is 5.73 Å². The molecule has 0 atom stereocenters. The van der Waals surface area contributed by atoms with Crippen molar-refractivity contribution in [3.63, 3.8) is 0 Å². The third-order valence-corrected chi connectivity index (χ3v) is 1.53. The molecule has 0 heterocycles. The summed E-state index contributed by atoms with van der Waals surface area (Å²) in [6, 6.07) is 4.50. The number of phenolic OH excluding ortho intramolecular Hbond substituents is 1. The van der Waals surface area contributed by atoms with Gasteiger partial charge in [0.1, 0.15) is 11.6 Å². The SMILES string of the molecule is N=C(N)c1ccc(CO)cc1O. The number of hydrogen-bond donors (Lipinski definition) is 4. The van der Waals surface area contributed by atoms with Gasteiger partial charge >= 0.3 is 0 Å². The second kappa shape index (κ2) is 3.23. The van der Waals surface area contributed by atoms with E-state index in [1.165, 1.54) is 12.1 Å². The first-order valence-electron chi connectivity index (χ1n) is 3.42. The molecule has 1 aromatic rings. The van der Waals surface area contributed by atoms with E-state index in [-0.39, 0.29) is 23.8 Å². The molecule has 64 valence electrons. The fourth-order valence-corrected chi connectivity index (χ4v) is 0.903. The molecule has 0 bridgehead atoms. The van der Waals surface area contributed by atoms with Crippen LogP contribution in [0.3, 0.4) is 0 Å². The molecule has 12 heavy (non-hydrogen) atoms. The number of amidine groups is 1. The van der Waals surface area contributed by atoms with Crippen molar-refractivity contribution >= 4 is 5.84 Å². The largest absolute Gasteiger partial charge is 0.507 e. The van der Waals surface area contributed by atoms with E-state index in [9.17, 15) is 5.11 Å². The van der Waals surface area contributed by atoms with Gasteiger partial charge in [0.25, 0.3) is 0 Å². The lowest BCUT2D eigenvalue weighted by molar-refractivity contribution is 0.281. The zero-order chi connectivity index (χ0) is 9.14. The van der Waals surface area contributed by atoms with Crippen molar-refractivity contribution < 1.29 is 10.2 Å². The molecule has 5 N–H and O–H groups in total. The lowest BCUT2D eigenvalue weighted by atomic mass is 10.1. The zero-order valence-corrected chi connectivity index (χ0v) is 6.41. The van der Waals surface area contributed by atoms with Gasteiger partial charge in [-0.15, -0.1) is 0 Å². The predicted octanol–water partition coefficient (Wildman–Crippen LogP) is 0.169. The topological polar surface area (TPSA) is 90.3 Å². The lowest BCUT2D eigenvalue weighted by Gasteiger charge is -2.03. The van der Waals surface area contributed by atoms with Crippen molar-refractivity contribution in [2.75, 3.05) is 0 Å². The van der Waals surface area contributed by atoms with Crippen molar-refractivity contribution in [3.8, 4) is 5.75 Å². The quantitative estimate of drug-likeness (QED) is 0.373. The van der Waals surface area contributed by atoms with Gasteiger partial charge < -0.3 is 15.9 Å². The minimum atomic E-state index is -0.183. The maximum Gasteiger partial charge on any atom is 0.126 e. The van der Waals surface area contributed by atoms with E-state index in [0.29, 0.717) is 5.56 Å². The van der Waals surface area contributed by atoms with Crippen molar-refractivity contribution in [2.45, 2.75) is 6.61 Å². The van der Waals surface area contributed by atoms with Crippen LogP contribution < -0.4 is 5.73 Å². The van der Waals surface area contributed by atoms with Gasteiger partial charge in [0, 0.05) is 0 Å². The third kappa shape index (κ3) is 1.54. The summed E-state index contributed by atoms with van der Waals surface area (Å²) in [5.41, 5.74) is 6.05. The maximum absolute atomic E-state index is 9.26. The Bertz CT molecular complexity index is 310. The summed E-state index contributed by atoms with van der Waals surface area (Å²) >= 11 is 0. The van der Waals surface area contributed by atoms with Crippen LogP contribution in [0, 0.1) is 5.41 Å². The minimum absolute atomic E-state index is 0.0750. The molecular formula is C8H10N2O2. The summed E-state index contributed by atoms with van der Waals surface area (Å²) < 4.78 is 0. The molecule has 0 amide bonds. The monoisotopic (exact) mass is 166 g/mol. The van der Waals surface area contributed by atoms with Gasteiger partial charge in [0.2, 0.25) is 0 Å². The second-order valence-electron chi connectivity index (χ2n) is 2.42. The third-order valence-electron chi connectivity index (χ3n) is 1.53. The standard InChI is InChI=1S/C8H10N2O2/c9-8(10)6-2-1-5(4-11)3-7(6)12/h1-3,11-12H,4H2,(H3,9,10). The van der Waals surface area contributed by atoms with Gasteiger partial charge in [0.05, 0.1) is 12.2 Å². The van der Waals surface area contributed by atoms with Crippen molar-refractivity contribution in [3.05, 3.63) is 29.3 Å². The fourth-order valence-electron chi connectivity index (χ4n) is 0.903. The van der Waals surface area contributed by atoms with Crippen LogP contribution in [0.1, 0.15) is 11.1 Å². The number of aliphatic hydroxyl groups excluding tert-OH is 1. The van der Waals surface area contributed by atoms with Gasteiger partial charge in [0.15, 0.2) is 0 Å². The Morgan fingerprint density at radius 2 is 2.17 bits per heavy atom. The van der Waals surface area contributed by atoms with Crippen LogP contribution in [0.4, 0.5) is 0 Å². The molecule has 0 spiro atoms. The van der Waals surface area contributed by atoms with Gasteiger partial charge in [-0.1, -0.05) is 6.07 Å². The maximum atomic E-state index is 9.26. The first kappa shape index (κ1) is 8.55. The van der Waals surface area contributed by atoms with E-state index in [1.54, 1.807) is 6.07 Å². The highest BCUT2D eigenvalue weighted by Crippen LogP contribution is 2.17. The molecule has 0 saturated heterocycles. The number of rotatable bonds is 2. The van der Waals surface area contributed by atoms with Gasteiger partial charge in [-0.25, -0.2) is 0 Å². The molecule has 1 rings (SSSR count). The van der Waals surface area contributed by atoms with E-state index < -0.39 is 0 Å². The Morgan fingerprint density at radius 3 is 2.58 bits per heavy atom. The Morgan fingerprint density at radius 1 is 1.50 bits per heavy atom. The number of benzene rings is 1. The average Bonchev–Trinajstić information content (AvgIpc) is 2.03. The molecule has 0 aliphatic rings. The Kier molecular flexibility index (Phi) is 2.30. The number of hydrogen-bond acceptors (Lipinski definition) is 3. The van der Waals surface area contributed by atoms with E-state index in [4.69, 9.17) is 16.2 Å². The molecule has 0 saturated carbocycles. The van der Waals surface area contributed by atoms with Gasteiger partial charge in [-0.05, 0) is 17.7 Å². The van der Waals surface area contributed by atoms with Crippen LogP contribution in [0.5, 0.6) is 5.75 Å². The summed E-state index contributed by atoms with van der Waals surface area (Å²) in [6.07, 6.45) is 0.